The van der Waals surface area contributed by atoms with E-state index in [4.69, 9.17) is 8.83 Å². The van der Waals surface area contributed by atoms with Crippen LogP contribution in [0.4, 0.5) is 10.5 Å². The van der Waals surface area contributed by atoms with Crippen molar-refractivity contribution in [2.24, 2.45) is 0 Å². The fourth-order valence-electron chi connectivity index (χ4n) is 2.65. The van der Waals surface area contributed by atoms with Crippen molar-refractivity contribution >= 4 is 57.3 Å². The van der Waals surface area contributed by atoms with Gasteiger partial charge >= 0.3 is 6.03 Å². The number of hydrogen-bond donors (Lipinski definition) is 1. The summed E-state index contributed by atoms with van der Waals surface area (Å²) in [5, 5.41) is 2.79. The number of benzene rings is 1. The summed E-state index contributed by atoms with van der Waals surface area (Å²) in [5.41, 5.74) is 0.160. The Morgan fingerprint density at radius 3 is 2.59 bits per heavy atom. The van der Waals surface area contributed by atoms with Gasteiger partial charge in [0.05, 0.1) is 17.7 Å². The Bertz CT molecular complexity index is 1100. The van der Waals surface area contributed by atoms with Gasteiger partial charge in [0.15, 0.2) is 5.09 Å². The number of nitrogens with one attached hydrogen (secondary N) is 1. The number of carbonyl (C=O) groups is 3. The molecule has 0 bridgehead atoms. The monoisotopic (exact) mass is 472 g/mol. The summed E-state index contributed by atoms with van der Waals surface area (Å²) >= 11 is 4.72. The summed E-state index contributed by atoms with van der Waals surface area (Å²) in [6.07, 6.45) is 2.92. The van der Waals surface area contributed by atoms with Gasteiger partial charge in [-0.25, -0.2) is 9.69 Å². The molecule has 3 aromatic rings. The van der Waals surface area contributed by atoms with Gasteiger partial charge in [0.25, 0.3) is 11.8 Å². The minimum Gasteiger partial charge on any atom is -0.468 e. The molecule has 0 aliphatic carbocycles. The minimum atomic E-state index is -0.798. The van der Waals surface area contributed by atoms with Crippen LogP contribution in [0.5, 0.6) is 0 Å². The van der Waals surface area contributed by atoms with E-state index in [2.05, 4.69) is 21.2 Å². The fourth-order valence-corrected chi connectivity index (χ4v) is 3.68. The molecule has 9 heteroatoms. The number of nitrogens with zero attached hydrogens (tertiary/aromatic N) is 1. The van der Waals surface area contributed by atoms with E-state index in [9.17, 15) is 14.4 Å². The summed E-state index contributed by atoms with van der Waals surface area (Å²) in [6.45, 7) is 0. The SMILES string of the molecule is O=C1NC(=O)N(c2ccc(Br)cc2)C(=O)/C1=C\c1ccc(SCc2ccco2)o1. The molecule has 3 heterocycles. The second-order valence-electron chi connectivity index (χ2n) is 5.96. The molecule has 4 rings (SSSR count). The maximum Gasteiger partial charge on any atom is 0.335 e. The minimum absolute atomic E-state index is 0.190. The molecule has 1 saturated heterocycles. The van der Waals surface area contributed by atoms with E-state index in [0.717, 1.165) is 15.1 Å². The number of barbiturate groups is 1. The highest BCUT2D eigenvalue weighted by atomic mass is 79.9. The Labute approximate surface area is 177 Å². The predicted molar refractivity (Wildman–Crippen MR) is 110 cm³/mol. The summed E-state index contributed by atoms with van der Waals surface area (Å²) in [6, 6.07) is 12.9. The normalized spacial score (nSPS) is 15.8. The van der Waals surface area contributed by atoms with E-state index in [1.807, 2.05) is 6.07 Å². The molecule has 1 fully saturated rings. The number of thioether (sulfide) groups is 1. The topological polar surface area (TPSA) is 92.8 Å². The number of anilines is 1. The van der Waals surface area contributed by atoms with Crippen LogP contribution < -0.4 is 10.2 Å². The third kappa shape index (κ3) is 4.20. The van der Waals surface area contributed by atoms with Gasteiger partial charge in [-0.1, -0.05) is 27.7 Å². The highest BCUT2D eigenvalue weighted by Gasteiger charge is 2.37. The third-order valence-electron chi connectivity index (χ3n) is 4.01. The number of halogens is 1. The van der Waals surface area contributed by atoms with Gasteiger partial charge in [-0.05, 0) is 54.6 Å². The predicted octanol–water partition coefficient (Wildman–Crippen LogP) is 4.59. The number of hydrogen-bond acceptors (Lipinski definition) is 6. The Morgan fingerprint density at radius 2 is 1.86 bits per heavy atom. The van der Waals surface area contributed by atoms with E-state index in [0.29, 0.717) is 22.3 Å². The summed E-state index contributed by atoms with van der Waals surface area (Å²) < 4.78 is 11.7. The molecule has 2 aromatic heterocycles. The lowest BCUT2D eigenvalue weighted by Crippen LogP contribution is -2.54. The molecule has 0 radical (unpaired) electrons. The van der Waals surface area contributed by atoms with Gasteiger partial charge in [-0.2, -0.15) is 0 Å². The third-order valence-corrected chi connectivity index (χ3v) is 5.47. The first-order chi connectivity index (χ1) is 14.0. The van der Waals surface area contributed by atoms with Crippen LogP contribution in [0.15, 0.2) is 78.8 Å². The van der Waals surface area contributed by atoms with Gasteiger partial charge in [-0.3, -0.25) is 14.9 Å². The van der Waals surface area contributed by atoms with Crippen molar-refractivity contribution in [3.63, 3.8) is 0 Å². The van der Waals surface area contributed by atoms with Crippen LogP contribution in [0.25, 0.3) is 6.08 Å². The molecule has 1 aliphatic rings. The first-order valence-electron chi connectivity index (χ1n) is 8.43. The number of urea groups is 1. The molecule has 1 N–H and O–H groups in total. The number of rotatable bonds is 5. The zero-order valence-corrected chi connectivity index (χ0v) is 17.2. The van der Waals surface area contributed by atoms with E-state index in [1.54, 1.807) is 48.7 Å². The van der Waals surface area contributed by atoms with Crippen molar-refractivity contribution in [1.82, 2.24) is 5.32 Å². The molecule has 1 aliphatic heterocycles. The summed E-state index contributed by atoms with van der Waals surface area (Å²) in [4.78, 5) is 38.2. The lowest BCUT2D eigenvalue weighted by Gasteiger charge is -2.26. The van der Waals surface area contributed by atoms with Gasteiger partial charge in [0, 0.05) is 4.47 Å². The van der Waals surface area contributed by atoms with Gasteiger partial charge in [0.1, 0.15) is 17.1 Å². The van der Waals surface area contributed by atoms with Crippen molar-refractivity contribution in [2.75, 3.05) is 4.90 Å². The Balaban J connectivity index is 1.55. The molecule has 0 atom stereocenters. The standard InChI is InChI=1S/C20H13BrN2O5S/c21-12-3-5-13(6-4-12)23-19(25)16(18(24)22-20(23)26)10-14-7-8-17(28-14)29-11-15-2-1-9-27-15/h1-10H,11H2,(H,22,24,26)/b16-10-. The molecule has 146 valence electrons. The molecule has 0 unspecified atom stereocenters. The van der Waals surface area contributed by atoms with Crippen LogP contribution in [0.3, 0.4) is 0 Å². The van der Waals surface area contributed by atoms with Crippen LogP contribution in [0, 0.1) is 0 Å². The zero-order chi connectivity index (χ0) is 20.4. The van der Waals surface area contributed by atoms with Crippen molar-refractivity contribution in [3.8, 4) is 0 Å². The molecule has 0 saturated carbocycles. The Kier molecular flexibility index (Phi) is 5.41. The maximum absolute atomic E-state index is 12.8. The van der Waals surface area contributed by atoms with E-state index >= 15 is 0 Å². The molecular weight excluding hydrogens is 460 g/mol. The maximum atomic E-state index is 12.8. The van der Waals surface area contributed by atoms with Crippen LogP contribution in [-0.4, -0.2) is 17.8 Å². The van der Waals surface area contributed by atoms with Crippen LogP contribution in [-0.2, 0) is 15.3 Å². The Hall–Kier alpha value is -3.04. The second-order valence-corrected chi connectivity index (χ2v) is 7.85. The molecule has 7 nitrogen and oxygen atoms in total. The van der Waals surface area contributed by atoms with Gasteiger partial charge < -0.3 is 8.83 Å². The number of amides is 4. The number of furan rings is 2. The second kappa shape index (κ2) is 8.14. The van der Waals surface area contributed by atoms with Crippen LogP contribution in [0.2, 0.25) is 0 Å². The van der Waals surface area contributed by atoms with Crippen molar-refractivity contribution in [2.45, 2.75) is 10.8 Å². The zero-order valence-electron chi connectivity index (χ0n) is 14.8. The molecular formula is C20H13BrN2O5S. The van der Waals surface area contributed by atoms with Gasteiger partial charge in [0.2, 0.25) is 0 Å². The largest absolute Gasteiger partial charge is 0.468 e. The van der Waals surface area contributed by atoms with Crippen molar-refractivity contribution in [1.29, 1.82) is 0 Å². The van der Waals surface area contributed by atoms with Crippen LogP contribution in [0.1, 0.15) is 11.5 Å². The van der Waals surface area contributed by atoms with Crippen molar-refractivity contribution < 1.29 is 23.2 Å². The summed E-state index contributed by atoms with van der Waals surface area (Å²) in [7, 11) is 0. The smallest absolute Gasteiger partial charge is 0.335 e. The average Bonchev–Trinajstić information content (AvgIpc) is 3.36. The molecule has 1 aromatic carbocycles. The highest BCUT2D eigenvalue weighted by Crippen LogP contribution is 2.27. The van der Waals surface area contributed by atoms with E-state index in [1.165, 1.54) is 17.8 Å². The lowest BCUT2D eigenvalue weighted by molar-refractivity contribution is -0.122. The molecule has 29 heavy (non-hydrogen) atoms. The Morgan fingerprint density at radius 1 is 1.07 bits per heavy atom. The first kappa shape index (κ1) is 19.3. The van der Waals surface area contributed by atoms with Crippen molar-refractivity contribution in [3.05, 3.63) is 76.4 Å². The number of imide groups is 2. The van der Waals surface area contributed by atoms with Crippen LogP contribution >= 0.6 is 27.7 Å². The molecule has 4 amide bonds. The van der Waals surface area contributed by atoms with E-state index in [-0.39, 0.29) is 5.57 Å². The number of carbonyl (C=O) groups excluding carboxylic acids is 3. The highest BCUT2D eigenvalue weighted by molar-refractivity contribution is 9.10. The quantitative estimate of drug-likeness (QED) is 0.331. The van der Waals surface area contributed by atoms with Gasteiger partial charge in [-0.15, -0.1) is 0 Å². The average molecular weight is 473 g/mol. The lowest BCUT2D eigenvalue weighted by atomic mass is 10.1. The van der Waals surface area contributed by atoms with E-state index < -0.39 is 17.8 Å². The molecule has 0 spiro atoms. The summed E-state index contributed by atoms with van der Waals surface area (Å²) in [5.74, 6) is 0.228. The fraction of sp³-hybridized carbons (Fsp3) is 0.0500. The first-order valence-corrected chi connectivity index (χ1v) is 10.2.